The molecule has 0 bridgehead atoms. The molecular formula is C17H17FN4O. The topological polar surface area (TPSA) is 70.8 Å². The molecule has 0 amide bonds. The van der Waals surface area contributed by atoms with Crippen LogP contribution in [0.3, 0.4) is 0 Å². The highest BCUT2D eigenvalue weighted by Crippen LogP contribution is 2.31. The van der Waals surface area contributed by atoms with Crippen LogP contribution in [-0.2, 0) is 0 Å². The standard InChI is InChI=1S/C17H17FN4O/c1-11(20-17-7-5-14(9-19)21-22-17)13-4-6-16(15(18)8-13)23-10-12-2-3-12/h4-8,11-12H,2-3,10H2,1H3,(H,20,22). The van der Waals surface area contributed by atoms with Gasteiger partial charge in [0.25, 0.3) is 0 Å². The number of nitriles is 1. The summed E-state index contributed by atoms with van der Waals surface area (Å²) in [7, 11) is 0. The zero-order chi connectivity index (χ0) is 16.2. The van der Waals surface area contributed by atoms with Crippen molar-refractivity contribution in [1.29, 1.82) is 5.26 Å². The second kappa shape index (κ2) is 6.61. The number of benzene rings is 1. The SMILES string of the molecule is CC(Nc1ccc(C#N)nn1)c1ccc(OCC2CC2)c(F)c1. The number of anilines is 1. The van der Waals surface area contributed by atoms with Gasteiger partial charge in [0, 0.05) is 0 Å². The van der Waals surface area contributed by atoms with Crippen molar-refractivity contribution in [2.75, 3.05) is 11.9 Å². The molecule has 23 heavy (non-hydrogen) atoms. The molecule has 1 aromatic carbocycles. The molecule has 1 aromatic heterocycles. The second-order valence-corrected chi connectivity index (χ2v) is 5.73. The second-order valence-electron chi connectivity index (χ2n) is 5.73. The molecule has 0 radical (unpaired) electrons. The van der Waals surface area contributed by atoms with Crippen molar-refractivity contribution < 1.29 is 9.13 Å². The molecule has 1 N–H and O–H groups in total. The third-order valence-corrected chi connectivity index (χ3v) is 3.77. The van der Waals surface area contributed by atoms with Gasteiger partial charge >= 0.3 is 0 Å². The molecule has 1 aliphatic rings. The molecule has 5 nitrogen and oxygen atoms in total. The van der Waals surface area contributed by atoms with Crippen LogP contribution in [-0.4, -0.2) is 16.8 Å². The third kappa shape index (κ3) is 3.95. The van der Waals surface area contributed by atoms with Gasteiger partial charge in [-0.05, 0) is 55.5 Å². The molecule has 1 saturated carbocycles. The van der Waals surface area contributed by atoms with E-state index in [9.17, 15) is 4.39 Å². The molecule has 3 rings (SSSR count). The molecule has 1 aliphatic carbocycles. The van der Waals surface area contributed by atoms with E-state index in [1.54, 1.807) is 18.2 Å². The Labute approximate surface area is 134 Å². The van der Waals surface area contributed by atoms with Crippen LogP contribution in [0.4, 0.5) is 10.2 Å². The van der Waals surface area contributed by atoms with Crippen molar-refractivity contribution in [3.8, 4) is 11.8 Å². The first-order valence-electron chi connectivity index (χ1n) is 7.58. The van der Waals surface area contributed by atoms with Gasteiger partial charge in [0.1, 0.15) is 11.9 Å². The summed E-state index contributed by atoms with van der Waals surface area (Å²) in [6.07, 6.45) is 2.35. The molecule has 1 heterocycles. The summed E-state index contributed by atoms with van der Waals surface area (Å²) in [6.45, 7) is 2.49. The van der Waals surface area contributed by atoms with Crippen LogP contribution < -0.4 is 10.1 Å². The Balaban J connectivity index is 1.64. The zero-order valence-corrected chi connectivity index (χ0v) is 12.8. The molecule has 1 unspecified atom stereocenters. The van der Waals surface area contributed by atoms with E-state index in [1.165, 1.54) is 18.9 Å². The van der Waals surface area contributed by atoms with Gasteiger partial charge in [0.05, 0.1) is 12.6 Å². The quantitative estimate of drug-likeness (QED) is 0.884. The summed E-state index contributed by atoms with van der Waals surface area (Å²) >= 11 is 0. The van der Waals surface area contributed by atoms with Gasteiger partial charge in [-0.1, -0.05) is 6.07 Å². The molecule has 0 spiro atoms. The Morgan fingerprint density at radius 3 is 2.78 bits per heavy atom. The van der Waals surface area contributed by atoms with Gasteiger partial charge in [-0.25, -0.2) is 4.39 Å². The minimum Gasteiger partial charge on any atom is -0.490 e. The fraction of sp³-hybridized carbons (Fsp3) is 0.353. The van der Waals surface area contributed by atoms with Gasteiger partial charge in [-0.3, -0.25) is 0 Å². The first-order chi connectivity index (χ1) is 11.2. The highest BCUT2D eigenvalue weighted by Gasteiger charge is 2.22. The van der Waals surface area contributed by atoms with Crippen molar-refractivity contribution in [3.63, 3.8) is 0 Å². The van der Waals surface area contributed by atoms with Crippen molar-refractivity contribution in [2.45, 2.75) is 25.8 Å². The van der Waals surface area contributed by atoms with Crippen LogP contribution in [0.2, 0.25) is 0 Å². The number of nitrogens with one attached hydrogen (secondary N) is 1. The van der Waals surface area contributed by atoms with E-state index in [4.69, 9.17) is 10.00 Å². The molecule has 0 saturated heterocycles. The fourth-order valence-corrected chi connectivity index (χ4v) is 2.17. The Morgan fingerprint density at radius 2 is 2.17 bits per heavy atom. The molecular weight excluding hydrogens is 295 g/mol. The van der Waals surface area contributed by atoms with Gasteiger partial charge in [0.2, 0.25) is 0 Å². The lowest BCUT2D eigenvalue weighted by Gasteiger charge is -2.15. The average Bonchev–Trinajstić information content (AvgIpc) is 3.38. The van der Waals surface area contributed by atoms with Crippen molar-refractivity contribution in [3.05, 3.63) is 47.4 Å². The number of nitrogens with zero attached hydrogens (tertiary/aromatic N) is 3. The fourth-order valence-electron chi connectivity index (χ4n) is 2.17. The third-order valence-electron chi connectivity index (χ3n) is 3.77. The van der Waals surface area contributed by atoms with E-state index in [1.807, 2.05) is 19.1 Å². The maximum atomic E-state index is 14.1. The van der Waals surface area contributed by atoms with E-state index in [0.717, 1.165) is 5.56 Å². The van der Waals surface area contributed by atoms with Crippen LogP contribution in [0.15, 0.2) is 30.3 Å². The smallest absolute Gasteiger partial charge is 0.165 e. The highest BCUT2D eigenvalue weighted by atomic mass is 19.1. The Kier molecular flexibility index (Phi) is 4.38. The Morgan fingerprint density at radius 1 is 1.35 bits per heavy atom. The number of aromatic nitrogens is 2. The van der Waals surface area contributed by atoms with E-state index in [2.05, 4.69) is 15.5 Å². The van der Waals surface area contributed by atoms with Crippen LogP contribution in [0.5, 0.6) is 5.75 Å². The van der Waals surface area contributed by atoms with Crippen molar-refractivity contribution in [1.82, 2.24) is 10.2 Å². The molecule has 1 fully saturated rings. The van der Waals surface area contributed by atoms with Crippen molar-refractivity contribution >= 4 is 5.82 Å². The first kappa shape index (κ1) is 15.2. The summed E-state index contributed by atoms with van der Waals surface area (Å²) in [5, 5.41) is 19.5. The lowest BCUT2D eigenvalue weighted by Crippen LogP contribution is -2.09. The minimum absolute atomic E-state index is 0.149. The Bertz CT molecular complexity index is 722. The van der Waals surface area contributed by atoms with E-state index >= 15 is 0 Å². The molecule has 118 valence electrons. The molecule has 0 aliphatic heterocycles. The summed E-state index contributed by atoms with van der Waals surface area (Å²) in [6, 6.07) is 9.98. The lowest BCUT2D eigenvalue weighted by molar-refractivity contribution is 0.285. The van der Waals surface area contributed by atoms with E-state index in [0.29, 0.717) is 24.1 Å². The van der Waals surface area contributed by atoms with E-state index < -0.39 is 0 Å². The number of ether oxygens (including phenoxy) is 1. The number of hydrogen-bond donors (Lipinski definition) is 1. The van der Waals surface area contributed by atoms with Gasteiger partial charge < -0.3 is 10.1 Å². The Hall–Kier alpha value is -2.68. The van der Waals surface area contributed by atoms with Crippen molar-refractivity contribution in [2.24, 2.45) is 5.92 Å². The lowest BCUT2D eigenvalue weighted by atomic mass is 10.1. The number of rotatable bonds is 6. The maximum absolute atomic E-state index is 14.1. The summed E-state index contributed by atoms with van der Waals surface area (Å²) in [4.78, 5) is 0. The number of hydrogen-bond acceptors (Lipinski definition) is 5. The summed E-state index contributed by atoms with van der Waals surface area (Å²) in [5.41, 5.74) is 1.04. The maximum Gasteiger partial charge on any atom is 0.165 e. The first-order valence-corrected chi connectivity index (χ1v) is 7.58. The summed E-state index contributed by atoms with van der Waals surface area (Å²) < 4.78 is 19.6. The van der Waals surface area contributed by atoms with E-state index in [-0.39, 0.29) is 17.6 Å². The molecule has 2 aromatic rings. The highest BCUT2D eigenvalue weighted by molar-refractivity contribution is 5.40. The summed E-state index contributed by atoms with van der Waals surface area (Å²) in [5.74, 6) is 1.06. The van der Waals surface area contributed by atoms with Crippen LogP contribution >= 0.6 is 0 Å². The van der Waals surface area contributed by atoms with Crippen LogP contribution in [0.25, 0.3) is 0 Å². The largest absolute Gasteiger partial charge is 0.490 e. The zero-order valence-electron chi connectivity index (χ0n) is 12.8. The van der Waals surface area contributed by atoms with Gasteiger partial charge in [0.15, 0.2) is 17.3 Å². The van der Waals surface area contributed by atoms with Crippen LogP contribution in [0.1, 0.15) is 37.1 Å². The molecule has 6 heteroatoms. The monoisotopic (exact) mass is 312 g/mol. The van der Waals surface area contributed by atoms with Gasteiger partial charge in [-0.15, -0.1) is 10.2 Å². The predicted molar refractivity (Wildman–Crippen MR) is 83.4 cm³/mol. The average molecular weight is 312 g/mol. The molecule has 1 atom stereocenters. The number of halogens is 1. The predicted octanol–water partition coefficient (Wildman–Crippen LogP) is 3.45. The normalized spacial score (nSPS) is 14.8. The minimum atomic E-state index is -0.359. The van der Waals surface area contributed by atoms with Crippen LogP contribution in [0, 0.1) is 23.1 Å². The van der Waals surface area contributed by atoms with Gasteiger partial charge in [-0.2, -0.15) is 5.26 Å².